The molecule has 1 atom stereocenters. The summed E-state index contributed by atoms with van der Waals surface area (Å²) in [5, 5.41) is 1.86. The molecule has 0 fully saturated rings. The number of carbonyl (C=O) groups is 1. The van der Waals surface area contributed by atoms with Crippen molar-refractivity contribution in [1.29, 1.82) is 0 Å². The minimum atomic E-state index is -4.82. The number of aromatic nitrogens is 1. The van der Waals surface area contributed by atoms with Gasteiger partial charge in [-0.05, 0) is 47.0 Å². The number of nitrogens with one attached hydrogen (secondary N) is 1. The fraction of sp³-hybridized carbons (Fsp3) is 0.167. The number of hydrogen-bond acceptors (Lipinski definition) is 2. The Hall–Kier alpha value is -2.75. The molecule has 0 aliphatic carbocycles. The van der Waals surface area contributed by atoms with E-state index >= 15 is 0 Å². The summed E-state index contributed by atoms with van der Waals surface area (Å²) in [7, 11) is 0. The smallest absolute Gasteiger partial charge is 0.348 e. The molecule has 12 heteroatoms. The lowest BCUT2D eigenvalue weighted by Crippen LogP contribution is -2.24. The van der Waals surface area contributed by atoms with Crippen LogP contribution in [0.2, 0.25) is 15.1 Å². The molecule has 0 spiro atoms. The van der Waals surface area contributed by atoms with Gasteiger partial charge in [0.1, 0.15) is 0 Å². The summed E-state index contributed by atoms with van der Waals surface area (Å²) in [4.78, 5) is 15.9. The lowest BCUT2D eigenvalue weighted by Gasteiger charge is -2.19. The number of rotatable bonds is 6. The van der Waals surface area contributed by atoms with Crippen molar-refractivity contribution in [2.24, 2.45) is 0 Å². The lowest BCUT2D eigenvalue weighted by molar-refractivity contribution is -0.140. The number of alkyl halides is 6. The molecule has 190 valence electrons. The van der Waals surface area contributed by atoms with Gasteiger partial charge in [-0.1, -0.05) is 59.1 Å². The minimum absolute atomic E-state index is 0.118. The zero-order valence-corrected chi connectivity index (χ0v) is 20.2. The SMILES string of the molecule is O=C(NCc1ccc(/C=C/C(c2cc(Cl)c(Cl)c(Cl)c2)C(F)(F)F)cc1C(F)(F)F)c1cccnc1. The van der Waals surface area contributed by atoms with Crippen LogP contribution in [0.1, 0.15) is 38.5 Å². The van der Waals surface area contributed by atoms with Crippen molar-refractivity contribution in [1.82, 2.24) is 10.3 Å². The monoisotopic (exact) mass is 566 g/mol. The van der Waals surface area contributed by atoms with E-state index in [1.54, 1.807) is 0 Å². The van der Waals surface area contributed by atoms with Crippen LogP contribution in [0.3, 0.4) is 0 Å². The maximum atomic E-state index is 13.7. The predicted octanol–water partition coefficient (Wildman–Crippen LogP) is 8.35. The zero-order chi connectivity index (χ0) is 26.7. The molecule has 0 bridgehead atoms. The Kier molecular flexibility index (Phi) is 8.59. The topological polar surface area (TPSA) is 42.0 Å². The van der Waals surface area contributed by atoms with Gasteiger partial charge in [-0.3, -0.25) is 9.78 Å². The van der Waals surface area contributed by atoms with Crippen LogP contribution in [0, 0.1) is 0 Å². The number of benzene rings is 2. The third-order valence-corrected chi connectivity index (χ3v) is 6.20. The van der Waals surface area contributed by atoms with Crippen molar-refractivity contribution in [3.63, 3.8) is 0 Å². The van der Waals surface area contributed by atoms with E-state index in [1.807, 2.05) is 0 Å². The van der Waals surface area contributed by atoms with Gasteiger partial charge in [0.15, 0.2) is 0 Å². The lowest BCUT2D eigenvalue weighted by atomic mass is 9.96. The molecule has 0 saturated carbocycles. The molecule has 1 N–H and O–H groups in total. The molecule has 3 rings (SSSR count). The summed E-state index contributed by atoms with van der Waals surface area (Å²) in [6.45, 7) is -0.459. The highest BCUT2D eigenvalue weighted by molar-refractivity contribution is 6.48. The second-order valence-corrected chi connectivity index (χ2v) is 8.71. The molecule has 36 heavy (non-hydrogen) atoms. The number of nitrogens with zero attached hydrogens (tertiary/aromatic N) is 1. The van der Waals surface area contributed by atoms with E-state index in [-0.39, 0.29) is 37.3 Å². The molecule has 1 heterocycles. The number of amides is 1. The number of hydrogen-bond donors (Lipinski definition) is 1. The number of halogens is 9. The fourth-order valence-electron chi connectivity index (χ4n) is 3.26. The molecule has 1 amide bonds. The average Bonchev–Trinajstić information content (AvgIpc) is 2.80. The second-order valence-electron chi connectivity index (χ2n) is 7.52. The number of carbonyl (C=O) groups excluding carboxylic acids is 1. The van der Waals surface area contributed by atoms with Gasteiger partial charge in [-0.15, -0.1) is 0 Å². The fourth-order valence-corrected chi connectivity index (χ4v) is 3.87. The Balaban J connectivity index is 1.90. The second kappa shape index (κ2) is 11.1. The van der Waals surface area contributed by atoms with Gasteiger partial charge in [0.05, 0.1) is 32.1 Å². The Bertz CT molecular complexity index is 1250. The van der Waals surface area contributed by atoms with E-state index in [9.17, 15) is 31.1 Å². The summed E-state index contributed by atoms with van der Waals surface area (Å²) >= 11 is 17.5. The maximum absolute atomic E-state index is 13.7. The maximum Gasteiger partial charge on any atom is 0.416 e. The third kappa shape index (κ3) is 6.93. The van der Waals surface area contributed by atoms with E-state index in [2.05, 4.69) is 10.3 Å². The Labute approximate surface area is 216 Å². The molecule has 3 nitrogen and oxygen atoms in total. The predicted molar refractivity (Wildman–Crippen MR) is 126 cm³/mol. The summed E-state index contributed by atoms with van der Waals surface area (Å²) in [5.41, 5.74) is -1.67. The first-order chi connectivity index (χ1) is 16.8. The molecule has 1 aromatic heterocycles. The van der Waals surface area contributed by atoms with Gasteiger partial charge in [0.2, 0.25) is 0 Å². The summed E-state index contributed by atoms with van der Waals surface area (Å²) in [6.07, 6.45) is -5.30. The summed E-state index contributed by atoms with van der Waals surface area (Å²) in [5.74, 6) is -2.84. The van der Waals surface area contributed by atoms with Crippen molar-refractivity contribution in [3.8, 4) is 0 Å². The normalized spacial score (nSPS) is 13.1. The number of allylic oxidation sites excluding steroid dienone is 1. The van der Waals surface area contributed by atoms with Gasteiger partial charge >= 0.3 is 12.4 Å². The average molecular weight is 568 g/mol. The van der Waals surface area contributed by atoms with Crippen LogP contribution in [0.4, 0.5) is 26.3 Å². The minimum Gasteiger partial charge on any atom is -0.348 e. The van der Waals surface area contributed by atoms with E-state index in [0.717, 1.165) is 24.3 Å². The number of pyridine rings is 1. The quantitative estimate of drug-likeness (QED) is 0.240. The summed E-state index contributed by atoms with van der Waals surface area (Å²) < 4.78 is 82.2. The molecule has 0 aliphatic heterocycles. The zero-order valence-electron chi connectivity index (χ0n) is 17.9. The molecule has 0 radical (unpaired) electrons. The van der Waals surface area contributed by atoms with Crippen molar-refractivity contribution in [2.45, 2.75) is 24.8 Å². The Morgan fingerprint density at radius 3 is 2.22 bits per heavy atom. The first kappa shape index (κ1) is 27.8. The Morgan fingerprint density at radius 2 is 1.67 bits per heavy atom. The largest absolute Gasteiger partial charge is 0.416 e. The first-order valence-corrected chi connectivity index (χ1v) is 11.2. The molecule has 1 unspecified atom stereocenters. The van der Waals surface area contributed by atoms with Crippen LogP contribution in [0.5, 0.6) is 0 Å². The van der Waals surface area contributed by atoms with Crippen LogP contribution >= 0.6 is 34.8 Å². The first-order valence-electron chi connectivity index (χ1n) is 10.0. The molecule has 2 aromatic carbocycles. The van der Waals surface area contributed by atoms with Crippen LogP contribution in [0.15, 0.2) is 60.9 Å². The van der Waals surface area contributed by atoms with Crippen LogP contribution < -0.4 is 5.32 Å². The Morgan fingerprint density at radius 1 is 1.00 bits per heavy atom. The van der Waals surface area contributed by atoms with Gasteiger partial charge in [-0.25, -0.2) is 0 Å². The van der Waals surface area contributed by atoms with Crippen molar-refractivity contribution >= 4 is 46.8 Å². The molecule has 0 aliphatic rings. The third-order valence-electron chi connectivity index (χ3n) is 5.00. The molecular weight excluding hydrogens is 553 g/mol. The van der Waals surface area contributed by atoms with Gasteiger partial charge in [0.25, 0.3) is 5.91 Å². The molecular formula is C24H15Cl3F6N2O. The van der Waals surface area contributed by atoms with Gasteiger partial charge < -0.3 is 5.32 Å². The van der Waals surface area contributed by atoms with E-state index < -0.39 is 36.3 Å². The van der Waals surface area contributed by atoms with E-state index in [4.69, 9.17) is 34.8 Å². The van der Waals surface area contributed by atoms with Gasteiger partial charge in [0, 0.05) is 18.9 Å². The highest BCUT2D eigenvalue weighted by Gasteiger charge is 2.39. The van der Waals surface area contributed by atoms with Gasteiger partial charge in [-0.2, -0.15) is 26.3 Å². The van der Waals surface area contributed by atoms with Crippen molar-refractivity contribution in [3.05, 3.63) is 104 Å². The van der Waals surface area contributed by atoms with Crippen LogP contribution in [-0.2, 0) is 12.7 Å². The molecule has 0 saturated heterocycles. The van der Waals surface area contributed by atoms with E-state index in [0.29, 0.717) is 12.1 Å². The molecule has 3 aromatic rings. The highest BCUT2D eigenvalue weighted by atomic mass is 35.5. The van der Waals surface area contributed by atoms with Crippen molar-refractivity contribution < 1.29 is 31.1 Å². The summed E-state index contributed by atoms with van der Waals surface area (Å²) in [6, 6.07) is 7.94. The van der Waals surface area contributed by atoms with Crippen molar-refractivity contribution in [2.75, 3.05) is 0 Å². The van der Waals surface area contributed by atoms with Crippen LogP contribution in [-0.4, -0.2) is 17.1 Å². The standard InChI is InChI=1S/C24H15Cl3F6N2O/c25-19-9-16(10-20(26)21(19)27)17(23(28,29)30)6-4-13-3-5-14(18(8-13)24(31,32)33)12-35-22(36)15-2-1-7-34-11-15/h1-11,17H,12H2,(H,35,36)/b6-4+. The highest BCUT2D eigenvalue weighted by Crippen LogP contribution is 2.41. The van der Waals surface area contributed by atoms with E-state index in [1.165, 1.54) is 30.6 Å². The van der Waals surface area contributed by atoms with Crippen LogP contribution in [0.25, 0.3) is 6.08 Å².